The van der Waals surface area contributed by atoms with Gasteiger partial charge in [0.05, 0.1) is 12.6 Å². The monoisotopic (exact) mass is 369 g/mol. The fourth-order valence-corrected chi connectivity index (χ4v) is 3.18. The van der Waals surface area contributed by atoms with Gasteiger partial charge in [0.15, 0.2) is 0 Å². The average Bonchev–Trinajstić information content (AvgIpc) is 2.56. The molecule has 8 heteroatoms. The van der Waals surface area contributed by atoms with Crippen LogP contribution in [-0.4, -0.2) is 36.3 Å². The van der Waals surface area contributed by atoms with E-state index in [-0.39, 0.29) is 24.7 Å². The van der Waals surface area contributed by atoms with Crippen molar-refractivity contribution in [3.05, 3.63) is 29.8 Å². The van der Waals surface area contributed by atoms with E-state index in [4.69, 9.17) is 0 Å². The molecule has 5 nitrogen and oxygen atoms in total. The number of benzene rings is 1. The first-order valence-corrected chi connectivity index (χ1v) is 8.47. The third kappa shape index (κ3) is 5.92. The van der Waals surface area contributed by atoms with Crippen LogP contribution in [0.5, 0.6) is 5.75 Å². The molecule has 1 N–H and O–H groups in total. The summed E-state index contributed by atoms with van der Waals surface area (Å²) in [7, 11) is 1.63. The number of amides is 1. The lowest BCUT2D eigenvalue weighted by Gasteiger charge is -2.32. The summed E-state index contributed by atoms with van der Waals surface area (Å²) in [6, 6.07) is 8.04. The van der Waals surface area contributed by atoms with Crippen molar-refractivity contribution < 1.29 is 22.7 Å². The predicted molar refractivity (Wildman–Crippen MR) is 89.0 cm³/mol. The Kier molecular flexibility index (Phi) is 6.48. The van der Waals surface area contributed by atoms with Crippen molar-refractivity contribution in [1.29, 1.82) is 5.26 Å². The summed E-state index contributed by atoms with van der Waals surface area (Å²) in [5, 5.41) is 12.2. The minimum absolute atomic E-state index is 0.0240. The first-order valence-electron chi connectivity index (χ1n) is 8.47. The molecule has 0 aromatic heterocycles. The first kappa shape index (κ1) is 20.0. The number of halogens is 3. The highest BCUT2D eigenvalue weighted by atomic mass is 19.4. The number of hydrogen-bond acceptors (Lipinski definition) is 4. The number of carbonyl (C=O) groups excluding carboxylic acids is 1. The molecule has 0 saturated heterocycles. The molecule has 1 aliphatic rings. The maximum atomic E-state index is 12.5. The highest BCUT2D eigenvalue weighted by Crippen LogP contribution is 2.28. The molecular formula is C18H22F3N3O2. The molecule has 0 aliphatic heterocycles. The van der Waals surface area contributed by atoms with Crippen LogP contribution in [0.2, 0.25) is 0 Å². The van der Waals surface area contributed by atoms with E-state index in [0.717, 1.165) is 19.3 Å². The number of rotatable bonds is 6. The van der Waals surface area contributed by atoms with Crippen LogP contribution >= 0.6 is 0 Å². The van der Waals surface area contributed by atoms with E-state index >= 15 is 0 Å². The van der Waals surface area contributed by atoms with Gasteiger partial charge in [0.2, 0.25) is 5.91 Å². The molecule has 0 unspecified atom stereocenters. The molecule has 1 fully saturated rings. The van der Waals surface area contributed by atoms with E-state index in [1.54, 1.807) is 18.0 Å². The average molecular weight is 369 g/mol. The number of hydrogen-bond donors (Lipinski definition) is 1. The fraction of sp³-hybridized carbons (Fsp3) is 0.556. The van der Waals surface area contributed by atoms with Gasteiger partial charge in [-0.1, -0.05) is 37.5 Å². The van der Waals surface area contributed by atoms with Crippen molar-refractivity contribution in [3.8, 4) is 11.8 Å². The zero-order chi connectivity index (χ0) is 19.2. The molecule has 1 aromatic carbocycles. The van der Waals surface area contributed by atoms with Gasteiger partial charge in [-0.05, 0) is 26.0 Å². The van der Waals surface area contributed by atoms with Crippen LogP contribution in [0.3, 0.4) is 0 Å². The lowest BCUT2D eigenvalue weighted by atomic mass is 9.83. The van der Waals surface area contributed by atoms with Gasteiger partial charge in [0, 0.05) is 12.1 Å². The molecule has 0 bridgehead atoms. The SMILES string of the molecule is CN(CC(=O)NC1(C#N)CCCCC1)Cc1ccccc1OC(F)(F)F. The summed E-state index contributed by atoms with van der Waals surface area (Å²) in [5.41, 5.74) is -0.499. The molecule has 1 saturated carbocycles. The number of alkyl halides is 3. The van der Waals surface area contributed by atoms with E-state index in [9.17, 15) is 23.2 Å². The number of nitrogens with one attached hydrogen (secondary N) is 1. The molecule has 1 aliphatic carbocycles. The maximum Gasteiger partial charge on any atom is 0.573 e. The normalized spacial score (nSPS) is 16.8. The summed E-state index contributed by atoms with van der Waals surface area (Å²) in [6.07, 6.45) is -0.679. The summed E-state index contributed by atoms with van der Waals surface area (Å²) in [5.74, 6) is -0.599. The minimum Gasteiger partial charge on any atom is -0.405 e. The van der Waals surface area contributed by atoms with Gasteiger partial charge < -0.3 is 10.1 Å². The van der Waals surface area contributed by atoms with Gasteiger partial charge in [0.1, 0.15) is 11.3 Å². The van der Waals surface area contributed by atoms with Gasteiger partial charge in [-0.25, -0.2) is 0 Å². The van der Waals surface area contributed by atoms with Crippen LogP contribution in [0.25, 0.3) is 0 Å². The molecule has 142 valence electrons. The highest BCUT2D eigenvalue weighted by molar-refractivity contribution is 5.79. The second kappa shape index (κ2) is 8.41. The van der Waals surface area contributed by atoms with Crippen molar-refractivity contribution >= 4 is 5.91 Å². The number of carbonyl (C=O) groups is 1. The Morgan fingerprint density at radius 3 is 2.58 bits per heavy atom. The summed E-state index contributed by atoms with van der Waals surface area (Å²) < 4.78 is 41.5. The van der Waals surface area contributed by atoms with Gasteiger partial charge in [-0.15, -0.1) is 13.2 Å². The van der Waals surface area contributed by atoms with Crippen LogP contribution in [0.15, 0.2) is 24.3 Å². The van der Waals surface area contributed by atoms with Crippen LogP contribution in [0.1, 0.15) is 37.7 Å². The van der Waals surface area contributed by atoms with Gasteiger partial charge in [-0.3, -0.25) is 9.69 Å². The zero-order valence-corrected chi connectivity index (χ0v) is 14.6. The van der Waals surface area contributed by atoms with Crippen molar-refractivity contribution in [2.45, 2.75) is 50.6 Å². The van der Waals surface area contributed by atoms with Crippen LogP contribution in [-0.2, 0) is 11.3 Å². The Bertz CT molecular complexity index is 664. The van der Waals surface area contributed by atoms with E-state index < -0.39 is 11.9 Å². The van der Waals surface area contributed by atoms with E-state index in [0.29, 0.717) is 18.4 Å². The summed E-state index contributed by atoms with van der Waals surface area (Å²) >= 11 is 0. The third-order valence-corrected chi connectivity index (χ3v) is 4.35. The molecule has 1 amide bonds. The largest absolute Gasteiger partial charge is 0.573 e. The van der Waals surface area contributed by atoms with Crippen molar-refractivity contribution in [1.82, 2.24) is 10.2 Å². The molecule has 0 radical (unpaired) electrons. The van der Waals surface area contributed by atoms with Crippen molar-refractivity contribution in [3.63, 3.8) is 0 Å². The number of nitriles is 1. The van der Waals surface area contributed by atoms with Crippen LogP contribution < -0.4 is 10.1 Å². The third-order valence-electron chi connectivity index (χ3n) is 4.35. The molecule has 0 atom stereocenters. The van der Waals surface area contributed by atoms with Crippen molar-refractivity contribution in [2.75, 3.05) is 13.6 Å². The quantitative estimate of drug-likeness (QED) is 0.835. The van der Waals surface area contributed by atoms with Crippen LogP contribution in [0, 0.1) is 11.3 Å². The Morgan fingerprint density at radius 1 is 1.31 bits per heavy atom. The zero-order valence-electron chi connectivity index (χ0n) is 14.6. The topological polar surface area (TPSA) is 65.4 Å². The fourth-order valence-electron chi connectivity index (χ4n) is 3.18. The van der Waals surface area contributed by atoms with E-state index in [2.05, 4.69) is 16.1 Å². The summed E-state index contributed by atoms with van der Waals surface area (Å²) in [4.78, 5) is 13.9. The first-order chi connectivity index (χ1) is 12.2. The van der Waals surface area contributed by atoms with Gasteiger partial charge >= 0.3 is 6.36 Å². The van der Waals surface area contributed by atoms with Gasteiger partial charge in [-0.2, -0.15) is 5.26 Å². The molecule has 0 heterocycles. The molecule has 0 spiro atoms. The van der Waals surface area contributed by atoms with E-state index in [1.165, 1.54) is 18.2 Å². The molecule has 26 heavy (non-hydrogen) atoms. The van der Waals surface area contributed by atoms with E-state index in [1.807, 2.05) is 0 Å². The van der Waals surface area contributed by atoms with Gasteiger partial charge in [0.25, 0.3) is 0 Å². The minimum atomic E-state index is -4.77. The van der Waals surface area contributed by atoms with Crippen LogP contribution in [0.4, 0.5) is 13.2 Å². The number of ether oxygens (including phenoxy) is 1. The molecular weight excluding hydrogens is 347 g/mol. The second-order valence-corrected chi connectivity index (χ2v) is 6.63. The highest BCUT2D eigenvalue weighted by Gasteiger charge is 2.34. The molecule has 1 aromatic rings. The van der Waals surface area contributed by atoms with Crippen molar-refractivity contribution in [2.24, 2.45) is 0 Å². The second-order valence-electron chi connectivity index (χ2n) is 6.63. The Labute approximate surface area is 150 Å². The number of para-hydroxylation sites is 1. The number of likely N-dealkylation sites (N-methyl/N-ethyl adjacent to an activating group) is 1. The lowest BCUT2D eigenvalue weighted by Crippen LogP contribution is -2.51. The maximum absolute atomic E-state index is 12.5. The smallest absolute Gasteiger partial charge is 0.405 e. The Morgan fingerprint density at radius 2 is 1.96 bits per heavy atom. The summed E-state index contributed by atoms with van der Waals surface area (Å²) in [6.45, 7) is 0.0863. The lowest BCUT2D eigenvalue weighted by molar-refractivity contribution is -0.275. The number of nitrogens with zero attached hydrogens (tertiary/aromatic N) is 2. The Hall–Kier alpha value is -2.27. The predicted octanol–water partition coefficient (Wildman–Crippen LogP) is 3.36. The Balaban J connectivity index is 1.95. The molecule has 2 rings (SSSR count). The standard InChI is InChI=1S/C18H22F3N3O2/c1-24(11-14-7-3-4-8-15(14)26-18(19,20)21)12-16(25)23-17(13-22)9-5-2-6-10-17/h3-4,7-8H,2,5-6,9-12H2,1H3,(H,23,25).